The van der Waals surface area contributed by atoms with Crippen molar-refractivity contribution in [3.05, 3.63) is 10.0 Å². The Bertz CT molecular complexity index is 305. The molecule has 0 amide bonds. The van der Waals surface area contributed by atoms with E-state index in [4.69, 9.17) is 0 Å². The van der Waals surface area contributed by atoms with Gasteiger partial charge >= 0.3 is 0 Å². The maximum absolute atomic E-state index is 4.27. The van der Waals surface area contributed by atoms with Crippen LogP contribution in [0.25, 0.3) is 0 Å². The van der Waals surface area contributed by atoms with Crippen molar-refractivity contribution in [3.63, 3.8) is 0 Å². The molecular weight excluding hydrogens is 218 g/mol. The van der Waals surface area contributed by atoms with Crippen molar-refractivity contribution in [2.24, 2.45) is 5.92 Å². The summed E-state index contributed by atoms with van der Waals surface area (Å²) in [6.07, 6.45) is 9.22. The number of aromatic nitrogens is 2. The Balaban J connectivity index is 1.73. The topological polar surface area (TPSA) is 37.8 Å². The minimum Gasteiger partial charge on any atom is -0.319 e. The molecule has 1 fully saturated rings. The smallest absolute Gasteiger partial charge is 0.118 e. The van der Waals surface area contributed by atoms with Crippen molar-refractivity contribution >= 4 is 11.3 Å². The van der Waals surface area contributed by atoms with Crippen LogP contribution in [0, 0.1) is 5.92 Å². The van der Waals surface area contributed by atoms with E-state index in [1.165, 1.54) is 42.1 Å². The van der Waals surface area contributed by atoms with Gasteiger partial charge in [-0.2, -0.15) is 0 Å². The van der Waals surface area contributed by atoms with Crippen LogP contribution >= 0.6 is 11.3 Å². The summed E-state index contributed by atoms with van der Waals surface area (Å²) in [6, 6.07) is 0. The van der Waals surface area contributed by atoms with Gasteiger partial charge in [-0.1, -0.05) is 25.7 Å². The lowest BCUT2D eigenvalue weighted by atomic mass is 10.0. The first kappa shape index (κ1) is 12.0. The van der Waals surface area contributed by atoms with E-state index in [1.54, 1.807) is 11.3 Å². The highest BCUT2D eigenvalue weighted by Gasteiger charge is 2.15. The normalized spacial score (nSPS) is 17.1. The molecule has 0 radical (unpaired) electrons. The minimum atomic E-state index is 0.963. The molecule has 1 saturated carbocycles. The number of nitrogens with zero attached hydrogens (tertiary/aromatic N) is 2. The fourth-order valence-corrected chi connectivity index (χ4v) is 3.21. The average Bonchev–Trinajstić information content (AvgIpc) is 2.95. The molecule has 1 heterocycles. The summed E-state index contributed by atoms with van der Waals surface area (Å²) >= 11 is 1.79. The van der Waals surface area contributed by atoms with Crippen molar-refractivity contribution in [1.29, 1.82) is 0 Å². The van der Waals surface area contributed by atoms with Crippen LogP contribution in [-0.4, -0.2) is 23.8 Å². The standard InChI is InChI=1S/C12H21N3S/c1-13-9-8-12-15-14-11(16-12)7-6-10-4-2-3-5-10/h10,13H,2-9H2,1H3. The number of hydrogen-bond acceptors (Lipinski definition) is 4. The summed E-state index contributed by atoms with van der Waals surface area (Å²) in [5, 5.41) is 14.1. The first-order chi connectivity index (χ1) is 7.88. The molecule has 1 N–H and O–H groups in total. The zero-order valence-corrected chi connectivity index (χ0v) is 10.9. The van der Waals surface area contributed by atoms with Gasteiger partial charge < -0.3 is 5.32 Å². The largest absolute Gasteiger partial charge is 0.319 e. The van der Waals surface area contributed by atoms with Crippen LogP contribution in [0.2, 0.25) is 0 Å². The highest BCUT2D eigenvalue weighted by Crippen LogP contribution is 2.29. The Morgan fingerprint density at radius 3 is 2.56 bits per heavy atom. The fraction of sp³-hybridized carbons (Fsp3) is 0.833. The predicted octanol–water partition coefficient (Wildman–Crippen LogP) is 2.42. The second-order valence-corrected chi connectivity index (χ2v) is 5.78. The van der Waals surface area contributed by atoms with Crippen LogP contribution in [0.5, 0.6) is 0 Å². The van der Waals surface area contributed by atoms with Gasteiger partial charge in [-0.25, -0.2) is 0 Å². The summed E-state index contributed by atoms with van der Waals surface area (Å²) < 4.78 is 0. The molecule has 1 aromatic rings. The molecule has 0 bridgehead atoms. The molecule has 90 valence electrons. The van der Waals surface area contributed by atoms with E-state index >= 15 is 0 Å². The zero-order chi connectivity index (χ0) is 11.2. The number of nitrogens with one attached hydrogen (secondary N) is 1. The van der Waals surface area contributed by atoms with Crippen LogP contribution in [0.1, 0.15) is 42.1 Å². The number of aryl methyl sites for hydroxylation is 1. The lowest BCUT2D eigenvalue weighted by Gasteiger charge is -2.05. The van der Waals surface area contributed by atoms with E-state index in [0.29, 0.717) is 0 Å². The lowest BCUT2D eigenvalue weighted by molar-refractivity contribution is 0.502. The van der Waals surface area contributed by atoms with Gasteiger partial charge in [0, 0.05) is 19.4 Å². The van der Waals surface area contributed by atoms with E-state index in [0.717, 1.165) is 25.3 Å². The van der Waals surface area contributed by atoms with E-state index in [-0.39, 0.29) is 0 Å². The van der Waals surface area contributed by atoms with Crippen molar-refractivity contribution in [2.75, 3.05) is 13.6 Å². The quantitative estimate of drug-likeness (QED) is 0.828. The molecule has 0 atom stereocenters. The van der Waals surface area contributed by atoms with E-state index in [1.807, 2.05) is 7.05 Å². The molecule has 4 heteroatoms. The van der Waals surface area contributed by atoms with Gasteiger partial charge in [0.15, 0.2) is 0 Å². The first-order valence-corrected chi connectivity index (χ1v) is 7.16. The summed E-state index contributed by atoms with van der Waals surface area (Å²) in [5.74, 6) is 0.963. The third-order valence-corrected chi connectivity index (χ3v) is 4.38. The van der Waals surface area contributed by atoms with Gasteiger partial charge in [0.2, 0.25) is 0 Å². The number of likely N-dealkylation sites (N-methyl/N-ethyl adjacent to an activating group) is 1. The molecule has 0 unspecified atom stereocenters. The summed E-state index contributed by atoms with van der Waals surface area (Å²) in [6.45, 7) is 0.997. The maximum atomic E-state index is 4.27. The summed E-state index contributed by atoms with van der Waals surface area (Å²) in [5.41, 5.74) is 0. The van der Waals surface area contributed by atoms with Crippen LogP contribution < -0.4 is 5.32 Å². The predicted molar refractivity (Wildman–Crippen MR) is 67.8 cm³/mol. The van der Waals surface area contributed by atoms with Gasteiger partial charge in [0.25, 0.3) is 0 Å². The molecule has 0 aromatic carbocycles. The molecule has 1 aliphatic carbocycles. The van der Waals surface area contributed by atoms with E-state index in [2.05, 4.69) is 15.5 Å². The lowest BCUT2D eigenvalue weighted by Crippen LogP contribution is -2.09. The molecular formula is C12H21N3S. The minimum absolute atomic E-state index is 0.963. The Morgan fingerprint density at radius 1 is 1.19 bits per heavy atom. The monoisotopic (exact) mass is 239 g/mol. The molecule has 1 aromatic heterocycles. The highest BCUT2D eigenvalue weighted by atomic mass is 32.1. The summed E-state index contributed by atoms with van der Waals surface area (Å²) in [4.78, 5) is 0. The third-order valence-electron chi connectivity index (χ3n) is 3.34. The van der Waals surface area contributed by atoms with Crippen molar-refractivity contribution < 1.29 is 0 Å². The number of rotatable bonds is 6. The van der Waals surface area contributed by atoms with Crippen LogP contribution in [0.3, 0.4) is 0 Å². The highest BCUT2D eigenvalue weighted by molar-refractivity contribution is 7.11. The van der Waals surface area contributed by atoms with Crippen LogP contribution in [0.4, 0.5) is 0 Å². The number of hydrogen-bond donors (Lipinski definition) is 1. The molecule has 0 aliphatic heterocycles. The SMILES string of the molecule is CNCCc1nnc(CCC2CCCC2)s1. The Kier molecular flexibility index (Phi) is 4.72. The van der Waals surface area contributed by atoms with Crippen LogP contribution in [0.15, 0.2) is 0 Å². The molecule has 0 spiro atoms. The van der Waals surface area contributed by atoms with Gasteiger partial charge in [-0.05, 0) is 19.4 Å². The van der Waals surface area contributed by atoms with Gasteiger partial charge in [-0.3, -0.25) is 0 Å². The molecule has 3 nitrogen and oxygen atoms in total. The molecule has 16 heavy (non-hydrogen) atoms. The third kappa shape index (κ3) is 3.52. The Morgan fingerprint density at radius 2 is 1.88 bits per heavy atom. The van der Waals surface area contributed by atoms with E-state index in [9.17, 15) is 0 Å². The molecule has 0 saturated heterocycles. The first-order valence-electron chi connectivity index (χ1n) is 6.34. The van der Waals surface area contributed by atoms with E-state index < -0.39 is 0 Å². The van der Waals surface area contributed by atoms with Gasteiger partial charge in [-0.15, -0.1) is 21.5 Å². The Labute approximate surface area is 102 Å². The second-order valence-electron chi connectivity index (χ2n) is 4.63. The van der Waals surface area contributed by atoms with Crippen molar-refractivity contribution in [3.8, 4) is 0 Å². The fourth-order valence-electron chi connectivity index (χ4n) is 2.35. The summed E-state index contributed by atoms with van der Waals surface area (Å²) in [7, 11) is 1.97. The average molecular weight is 239 g/mol. The van der Waals surface area contributed by atoms with Crippen molar-refractivity contribution in [2.45, 2.75) is 44.9 Å². The van der Waals surface area contributed by atoms with Crippen LogP contribution in [-0.2, 0) is 12.8 Å². The zero-order valence-electron chi connectivity index (χ0n) is 10.0. The van der Waals surface area contributed by atoms with Gasteiger partial charge in [0.05, 0.1) is 0 Å². The molecule has 1 aliphatic rings. The van der Waals surface area contributed by atoms with Crippen molar-refractivity contribution in [1.82, 2.24) is 15.5 Å². The van der Waals surface area contributed by atoms with Gasteiger partial charge in [0.1, 0.15) is 10.0 Å². The maximum Gasteiger partial charge on any atom is 0.118 e. The molecule has 2 rings (SSSR count). The second kappa shape index (κ2) is 6.30. The Hall–Kier alpha value is -0.480.